The highest BCUT2D eigenvalue weighted by Gasteiger charge is 2.60. The maximum atomic E-state index is 13.4. The number of fused-ring (bicyclic) bond motifs is 5. The molecule has 3 aliphatic rings. The predicted octanol–water partition coefficient (Wildman–Crippen LogP) is 2.97. The lowest BCUT2D eigenvalue weighted by atomic mass is 9.85. The number of anilines is 1. The highest BCUT2D eigenvalue weighted by molar-refractivity contribution is 6.07. The molecule has 2 fully saturated rings. The molecule has 1 saturated heterocycles. The van der Waals surface area contributed by atoms with Crippen LogP contribution in [0.2, 0.25) is 0 Å². The van der Waals surface area contributed by atoms with Crippen LogP contribution < -0.4 is 10.1 Å². The Hall–Kier alpha value is -3.48. The number of ether oxygens (including phenoxy) is 1. The van der Waals surface area contributed by atoms with Crippen LogP contribution in [-0.4, -0.2) is 34.7 Å². The third kappa shape index (κ3) is 3.30. The van der Waals surface area contributed by atoms with Gasteiger partial charge in [0.1, 0.15) is 5.75 Å². The van der Waals surface area contributed by atoms with E-state index in [0.29, 0.717) is 11.4 Å². The molecule has 5 unspecified atom stereocenters. The highest BCUT2D eigenvalue weighted by Crippen LogP contribution is 2.54. The van der Waals surface area contributed by atoms with Crippen LogP contribution in [0, 0.1) is 23.7 Å². The summed E-state index contributed by atoms with van der Waals surface area (Å²) in [6.45, 7) is 0. The number of amides is 3. The summed E-state index contributed by atoms with van der Waals surface area (Å²) in [6, 6.07) is 9.97. The second-order valence-electron chi connectivity index (χ2n) is 8.33. The van der Waals surface area contributed by atoms with Gasteiger partial charge in [-0.3, -0.25) is 24.3 Å². The van der Waals surface area contributed by atoms with Crippen molar-refractivity contribution in [1.82, 2.24) is 9.88 Å². The lowest BCUT2D eigenvalue weighted by Crippen LogP contribution is -2.38. The number of aromatic nitrogens is 1. The van der Waals surface area contributed by atoms with Crippen LogP contribution in [0.1, 0.15) is 24.4 Å². The molecule has 1 aromatic heterocycles. The first-order valence-corrected chi connectivity index (χ1v) is 10.5. The van der Waals surface area contributed by atoms with Gasteiger partial charge < -0.3 is 10.1 Å². The van der Waals surface area contributed by atoms with Gasteiger partial charge >= 0.3 is 0 Å². The molecule has 2 heterocycles. The molecule has 1 N–H and O–H groups in total. The minimum Gasteiger partial charge on any atom is -0.497 e. The van der Waals surface area contributed by atoms with Gasteiger partial charge in [-0.05, 0) is 48.1 Å². The second-order valence-corrected chi connectivity index (χ2v) is 8.33. The smallest absolute Gasteiger partial charge is 0.234 e. The van der Waals surface area contributed by atoms with E-state index >= 15 is 0 Å². The summed E-state index contributed by atoms with van der Waals surface area (Å²) in [5.74, 6) is -0.305. The number of allylic oxidation sites excluding steroid dienone is 2. The van der Waals surface area contributed by atoms with Crippen molar-refractivity contribution in [2.24, 2.45) is 23.7 Å². The molecular formula is C24H23N3O4. The average Bonchev–Trinajstić information content (AvgIpc) is 3.47. The monoisotopic (exact) mass is 417 g/mol. The largest absolute Gasteiger partial charge is 0.497 e. The van der Waals surface area contributed by atoms with E-state index in [1.54, 1.807) is 43.8 Å². The molecule has 1 aliphatic heterocycles. The molecule has 7 heteroatoms. The summed E-state index contributed by atoms with van der Waals surface area (Å²) >= 11 is 0. The Bertz CT molecular complexity index is 1020. The van der Waals surface area contributed by atoms with E-state index in [1.807, 2.05) is 12.1 Å². The first kappa shape index (κ1) is 19.5. The molecule has 1 saturated carbocycles. The van der Waals surface area contributed by atoms with Crippen LogP contribution >= 0.6 is 0 Å². The van der Waals surface area contributed by atoms with Crippen molar-refractivity contribution in [1.29, 1.82) is 0 Å². The van der Waals surface area contributed by atoms with Gasteiger partial charge in [-0.2, -0.15) is 0 Å². The first-order chi connectivity index (χ1) is 15.1. The van der Waals surface area contributed by atoms with Crippen molar-refractivity contribution in [2.45, 2.75) is 18.9 Å². The zero-order valence-corrected chi connectivity index (χ0v) is 17.1. The van der Waals surface area contributed by atoms with Crippen molar-refractivity contribution in [2.75, 3.05) is 12.4 Å². The average molecular weight is 417 g/mol. The minimum absolute atomic E-state index is 0.0269. The fourth-order valence-electron chi connectivity index (χ4n) is 5.24. The molecule has 2 bridgehead atoms. The lowest BCUT2D eigenvalue weighted by Gasteiger charge is -2.28. The van der Waals surface area contributed by atoms with Gasteiger partial charge in [0.2, 0.25) is 17.7 Å². The van der Waals surface area contributed by atoms with Crippen molar-refractivity contribution >= 4 is 23.4 Å². The van der Waals surface area contributed by atoms with Crippen molar-refractivity contribution in [3.05, 3.63) is 66.5 Å². The van der Waals surface area contributed by atoms with Crippen LogP contribution in [0.5, 0.6) is 5.75 Å². The van der Waals surface area contributed by atoms with Crippen molar-refractivity contribution in [3.63, 3.8) is 0 Å². The first-order valence-electron chi connectivity index (χ1n) is 10.5. The molecular weight excluding hydrogens is 394 g/mol. The van der Waals surface area contributed by atoms with Crippen molar-refractivity contribution < 1.29 is 19.1 Å². The quantitative estimate of drug-likeness (QED) is 0.577. The van der Waals surface area contributed by atoms with Crippen molar-refractivity contribution in [3.8, 4) is 5.75 Å². The van der Waals surface area contributed by atoms with Crippen LogP contribution in [0.3, 0.4) is 0 Å². The number of rotatable bonds is 6. The molecule has 0 radical (unpaired) electrons. The summed E-state index contributed by atoms with van der Waals surface area (Å²) in [6.07, 6.45) is 8.16. The number of hydrogen-bond donors (Lipinski definition) is 1. The number of carbonyl (C=O) groups excluding carboxylic acids is 3. The number of nitrogens with zero attached hydrogens (tertiary/aromatic N) is 2. The highest BCUT2D eigenvalue weighted by atomic mass is 16.5. The van der Waals surface area contributed by atoms with E-state index in [-0.39, 0.29) is 47.8 Å². The Kier molecular flexibility index (Phi) is 4.81. The minimum atomic E-state index is -0.674. The van der Waals surface area contributed by atoms with Crippen LogP contribution in [0.4, 0.5) is 5.69 Å². The molecule has 31 heavy (non-hydrogen) atoms. The van der Waals surface area contributed by atoms with E-state index in [0.717, 1.165) is 12.0 Å². The molecule has 2 aromatic rings. The number of likely N-dealkylation sites (tertiary alicyclic amines) is 1. The second kappa shape index (κ2) is 7.65. The number of carbonyl (C=O) groups is 3. The van der Waals surface area contributed by atoms with E-state index < -0.39 is 6.04 Å². The third-order valence-electron chi connectivity index (χ3n) is 6.64. The molecule has 2 aliphatic carbocycles. The Labute approximate surface area is 180 Å². The van der Waals surface area contributed by atoms with E-state index in [4.69, 9.17) is 4.74 Å². The zero-order valence-electron chi connectivity index (χ0n) is 17.1. The molecule has 1 aromatic carbocycles. The molecule has 3 amide bonds. The molecule has 158 valence electrons. The summed E-state index contributed by atoms with van der Waals surface area (Å²) in [4.78, 5) is 44.9. The molecule has 5 atom stereocenters. The summed E-state index contributed by atoms with van der Waals surface area (Å²) < 4.78 is 5.23. The molecule has 5 rings (SSSR count). The SMILES string of the molecule is COc1ccc(C(CC(=O)Nc2cccnc2)N2C(=O)C3C4C=CC(C4)C3C2=O)cc1. The summed E-state index contributed by atoms with van der Waals surface area (Å²) in [7, 11) is 1.57. The predicted molar refractivity (Wildman–Crippen MR) is 113 cm³/mol. The summed E-state index contributed by atoms with van der Waals surface area (Å²) in [5, 5.41) is 2.81. The van der Waals surface area contributed by atoms with Gasteiger partial charge in [0, 0.05) is 6.20 Å². The van der Waals surface area contributed by atoms with Gasteiger partial charge in [-0.15, -0.1) is 0 Å². The number of benzene rings is 1. The number of imide groups is 1. The standard InChI is InChI=1S/C24H23N3O4/c1-31-18-8-6-14(7-9-18)19(12-20(28)26-17-3-2-10-25-13-17)27-23(29)21-15-4-5-16(11-15)22(21)24(27)30/h2-10,13,15-16,19,21-22H,11-12H2,1H3,(H,26,28). The number of hydrogen-bond acceptors (Lipinski definition) is 5. The number of methoxy groups -OCH3 is 1. The van der Waals surface area contributed by atoms with E-state index in [1.165, 1.54) is 4.90 Å². The zero-order chi connectivity index (χ0) is 21.5. The topological polar surface area (TPSA) is 88.6 Å². The Morgan fingerprint density at radius 2 is 1.81 bits per heavy atom. The maximum Gasteiger partial charge on any atom is 0.234 e. The Balaban J connectivity index is 1.44. The van der Waals surface area contributed by atoms with Gasteiger partial charge in [-0.1, -0.05) is 24.3 Å². The number of nitrogens with one attached hydrogen (secondary N) is 1. The fourth-order valence-corrected chi connectivity index (χ4v) is 5.24. The Morgan fingerprint density at radius 1 is 1.13 bits per heavy atom. The third-order valence-corrected chi connectivity index (χ3v) is 6.64. The summed E-state index contributed by atoms with van der Waals surface area (Å²) in [5.41, 5.74) is 1.29. The molecule has 0 spiro atoms. The fraction of sp³-hybridized carbons (Fsp3) is 0.333. The van der Waals surface area contributed by atoms with Gasteiger partial charge in [-0.25, -0.2) is 0 Å². The van der Waals surface area contributed by atoms with E-state index in [9.17, 15) is 14.4 Å². The van der Waals surface area contributed by atoms with Gasteiger partial charge in [0.25, 0.3) is 0 Å². The molecule has 7 nitrogen and oxygen atoms in total. The van der Waals surface area contributed by atoms with Gasteiger partial charge in [0.05, 0.1) is 43.3 Å². The normalized spacial score (nSPS) is 26.8. The maximum absolute atomic E-state index is 13.4. The Morgan fingerprint density at radius 3 is 2.39 bits per heavy atom. The number of pyridine rings is 1. The van der Waals surface area contributed by atoms with Crippen LogP contribution in [0.15, 0.2) is 60.9 Å². The van der Waals surface area contributed by atoms with Gasteiger partial charge in [0.15, 0.2) is 0 Å². The van der Waals surface area contributed by atoms with Crippen LogP contribution in [-0.2, 0) is 14.4 Å². The van der Waals surface area contributed by atoms with E-state index in [2.05, 4.69) is 22.5 Å². The van der Waals surface area contributed by atoms with Crippen LogP contribution in [0.25, 0.3) is 0 Å². The lowest BCUT2D eigenvalue weighted by molar-refractivity contribution is -0.144.